The Labute approximate surface area is 81.9 Å². The molecule has 2 N–H and O–H groups in total. The van der Waals surface area contributed by atoms with Gasteiger partial charge in [-0.2, -0.15) is 0 Å². The molecule has 0 radical (unpaired) electrons. The Bertz CT molecular complexity index is 436. The molecule has 0 saturated heterocycles. The molecule has 14 heavy (non-hydrogen) atoms. The number of aryl methyl sites for hydroxylation is 1. The summed E-state index contributed by atoms with van der Waals surface area (Å²) in [6.45, 7) is 1.90. The third-order valence-electron chi connectivity index (χ3n) is 1.84. The van der Waals surface area contributed by atoms with Gasteiger partial charge in [-0.25, -0.2) is 9.97 Å². The van der Waals surface area contributed by atoms with Gasteiger partial charge >= 0.3 is 0 Å². The van der Waals surface area contributed by atoms with Crippen molar-refractivity contribution >= 4 is 5.82 Å². The van der Waals surface area contributed by atoms with E-state index in [4.69, 9.17) is 5.73 Å². The smallest absolute Gasteiger partial charge is 0.123 e. The monoisotopic (exact) mass is 186 g/mol. The first-order valence-corrected chi connectivity index (χ1v) is 4.26. The van der Waals surface area contributed by atoms with Crippen LogP contribution in [0.2, 0.25) is 0 Å². The second-order valence-electron chi connectivity index (χ2n) is 3.02. The van der Waals surface area contributed by atoms with E-state index in [0.717, 1.165) is 17.0 Å². The van der Waals surface area contributed by atoms with E-state index in [1.165, 1.54) is 0 Å². The summed E-state index contributed by atoms with van der Waals surface area (Å²) >= 11 is 0. The van der Waals surface area contributed by atoms with Crippen LogP contribution < -0.4 is 5.73 Å². The molecule has 2 aromatic heterocycles. The summed E-state index contributed by atoms with van der Waals surface area (Å²) in [6, 6.07) is 3.63. The Morgan fingerprint density at radius 3 is 2.64 bits per heavy atom. The van der Waals surface area contributed by atoms with E-state index in [9.17, 15) is 0 Å². The van der Waals surface area contributed by atoms with Gasteiger partial charge in [-0.1, -0.05) is 0 Å². The molecule has 2 rings (SSSR count). The van der Waals surface area contributed by atoms with Gasteiger partial charge in [-0.05, 0) is 19.1 Å². The summed E-state index contributed by atoms with van der Waals surface area (Å²) in [6.07, 6.45) is 5.12. The zero-order valence-corrected chi connectivity index (χ0v) is 7.81. The van der Waals surface area contributed by atoms with Crippen LogP contribution in [0.3, 0.4) is 0 Å². The summed E-state index contributed by atoms with van der Waals surface area (Å²) in [5, 5.41) is 0. The second kappa shape index (κ2) is 3.41. The van der Waals surface area contributed by atoms with Crippen molar-refractivity contribution < 1.29 is 0 Å². The number of nitrogen functional groups attached to an aromatic ring is 1. The fraction of sp³-hybridized carbons (Fsp3) is 0.100. The van der Waals surface area contributed by atoms with Crippen LogP contribution in [-0.2, 0) is 0 Å². The fourth-order valence-corrected chi connectivity index (χ4v) is 1.16. The molecule has 2 aromatic rings. The number of rotatable bonds is 1. The first-order chi connectivity index (χ1) is 6.75. The molecular weight excluding hydrogens is 176 g/mol. The molecule has 0 aliphatic heterocycles. The van der Waals surface area contributed by atoms with Gasteiger partial charge in [-0.15, -0.1) is 0 Å². The lowest BCUT2D eigenvalue weighted by Crippen LogP contribution is -1.92. The number of pyridine rings is 1. The topological polar surface area (TPSA) is 64.7 Å². The van der Waals surface area contributed by atoms with E-state index in [-0.39, 0.29) is 0 Å². The van der Waals surface area contributed by atoms with Crippen molar-refractivity contribution in [3.8, 4) is 11.3 Å². The zero-order chi connectivity index (χ0) is 9.97. The SMILES string of the molecule is Cc1cncc(-c2ccc(N)nc2)n1. The summed E-state index contributed by atoms with van der Waals surface area (Å²) in [4.78, 5) is 12.4. The van der Waals surface area contributed by atoms with Gasteiger partial charge in [0.1, 0.15) is 5.82 Å². The number of nitrogens with two attached hydrogens (primary N) is 1. The molecule has 0 aromatic carbocycles. The third kappa shape index (κ3) is 1.69. The molecule has 0 atom stereocenters. The molecule has 0 unspecified atom stereocenters. The van der Waals surface area contributed by atoms with Crippen LogP contribution in [0.15, 0.2) is 30.7 Å². The van der Waals surface area contributed by atoms with E-state index in [0.29, 0.717) is 5.82 Å². The van der Waals surface area contributed by atoms with Crippen LogP contribution in [0.1, 0.15) is 5.69 Å². The van der Waals surface area contributed by atoms with E-state index < -0.39 is 0 Å². The van der Waals surface area contributed by atoms with Gasteiger partial charge in [0.05, 0.1) is 17.6 Å². The molecule has 0 spiro atoms. The molecule has 0 saturated carbocycles. The third-order valence-corrected chi connectivity index (χ3v) is 1.84. The van der Waals surface area contributed by atoms with Crippen LogP contribution in [-0.4, -0.2) is 15.0 Å². The predicted octanol–water partition coefficient (Wildman–Crippen LogP) is 1.43. The van der Waals surface area contributed by atoms with Gasteiger partial charge in [-0.3, -0.25) is 4.98 Å². The zero-order valence-electron chi connectivity index (χ0n) is 7.81. The van der Waals surface area contributed by atoms with E-state index in [1.807, 2.05) is 13.0 Å². The molecule has 0 amide bonds. The van der Waals surface area contributed by atoms with Crippen molar-refractivity contribution in [1.29, 1.82) is 0 Å². The molecule has 2 heterocycles. The maximum atomic E-state index is 5.49. The normalized spacial score (nSPS) is 10.1. The number of aromatic nitrogens is 3. The summed E-state index contributed by atoms with van der Waals surface area (Å²) in [7, 11) is 0. The lowest BCUT2D eigenvalue weighted by atomic mass is 10.2. The number of hydrogen-bond donors (Lipinski definition) is 1. The Balaban J connectivity index is 2.44. The number of nitrogens with zero attached hydrogens (tertiary/aromatic N) is 3. The maximum absolute atomic E-state index is 5.49. The van der Waals surface area contributed by atoms with Crippen LogP contribution in [0, 0.1) is 6.92 Å². The van der Waals surface area contributed by atoms with Gasteiger partial charge in [0.25, 0.3) is 0 Å². The van der Waals surface area contributed by atoms with Crippen molar-refractivity contribution in [1.82, 2.24) is 15.0 Å². The van der Waals surface area contributed by atoms with Crippen molar-refractivity contribution in [3.05, 3.63) is 36.4 Å². The Morgan fingerprint density at radius 2 is 2.00 bits per heavy atom. The highest BCUT2D eigenvalue weighted by molar-refractivity contribution is 5.58. The van der Waals surface area contributed by atoms with E-state index in [2.05, 4.69) is 15.0 Å². The Hall–Kier alpha value is -1.97. The Kier molecular flexibility index (Phi) is 2.10. The largest absolute Gasteiger partial charge is 0.384 e. The van der Waals surface area contributed by atoms with Crippen molar-refractivity contribution in [3.63, 3.8) is 0 Å². The lowest BCUT2D eigenvalue weighted by molar-refractivity contribution is 1.12. The molecular formula is C10H10N4. The maximum Gasteiger partial charge on any atom is 0.123 e. The summed E-state index contributed by atoms with van der Waals surface area (Å²) < 4.78 is 0. The minimum atomic E-state index is 0.509. The number of hydrogen-bond acceptors (Lipinski definition) is 4. The van der Waals surface area contributed by atoms with Crippen molar-refractivity contribution in [2.75, 3.05) is 5.73 Å². The molecule has 0 bridgehead atoms. The number of anilines is 1. The second-order valence-corrected chi connectivity index (χ2v) is 3.02. The highest BCUT2D eigenvalue weighted by Crippen LogP contribution is 2.15. The van der Waals surface area contributed by atoms with Crippen LogP contribution in [0.25, 0.3) is 11.3 Å². The van der Waals surface area contributed by atoms with Gasteiger partial charge in [0.2, 0.25) is 0 Å². The molecule has 0 aliphatic rings. The molecule has 0 aliphatic carbocycles. The minimum Gasteiger partial charge on any atom is -0.384 e. The van der Waals surface area contributed by atoms with Gasteiger partial charge in [0.15, 0.2) is 0 Å². The van der Waals surface area contributed by atoms with E-state index >= 15 is 0 Å². The molecule has 4 nitrogen and oxygen atoms in total. The standard InChI is InChI=1S/C10H10N4/c1-7-4-12-6-9(14-7)8-2-3-10(11)13-5-8/h2-6H,1H3,(H2,11,13). The minimum absolute atomic E-state index is 0.509. The van der Waals surface area contributed by atoms with Crippen molar-refractivity contribution in [2.24, 2.45) is 0 Å². The summed E-state index contributed by atoms with van der Waals surface area (Å²) in [5.41, 5.74) is 8.12. The van der Waals surface area contributed by atoms with Gasteiger partial charge < -0.3 is 5.73 Å². The summed E-state index contributed by atoms with van der Waals surface area (Å²) in [5.74, 6) is 0.509. The predicted molar refractivity (Wildman–Crippen MR) is 54.4 cm³/mol. The van der Waals surface area contributed by atoms with Crippen molar-refractivity contribution in [2.45, 2.75) is 6.92 Å². The first-order valence-electron chi connectivity index (χ1n) is 4.26. The quantitative estimate of drug-likeness (QED) is 0.731. The van der Waals surface area contributed by atoms with Crippen LogP contribution in [0.5, 0.6) is 0 Å². The van der Waals surface area contributed by atoms with E-state index in [1.54, 1.807) is 24.7 Å². The molecule has 0 fully saturated rings. The first kappa shape index (κ1) is 8.62. The molecule has 4 heteroatoms. The van der Waals surface area contributed by atoms with Crippen LogP contribution in [0.4, 0.5) is 5.82 Å². The average Bonchev–Trinajstić information content (AvgIpc) is 2.19. The average molecular weight is 186 g/mol. The highest BCUT2D eigenvalue weighted by Gasteiger charge is 1.99. The fourth-order valence-electron chi connectivity index (χ4n) is 1.16. The highest BCUT2D eigenvalue weighted by atomic mass is 14.8. The Morgan fingerprint density at radius 1 is 1.14 bits per heavy atom. The van der Waals surface area contributed by atoms with Gasteiger partial charge in [0, 0.05) is 18.0 Å². The molecule has 70 valence electrons. The van der Waals surface area contributed by atoms with Crippen LogP contribution >= 0.6 is 0 Å². The lowest BCUT2D eigenvalue weighted by Gasteiger charge is -2.00.